The van der Waals surface area contributed by atoms with Gasteiger partial charge in [0, 0.05) is 25.4 Å². The molecule has 1 aromatic rings. The van der Waals surface area contributed by atoms with Gasteiger partial charge in [-0.1, -0.05) is 12.1 Å². The Morgan fingerprint density at radius 2 is 2.04 bits per heavy atom. The number of nitrogens with zero attached hydrogens (tertiary/aromatic N) is 1. The fourth-order valence-electron chi connectivity index (χ4n) is 3.03. The maximum absolute atomic E-state index is 12.4. The highest BCUT2D eigenvalue weighted by atomic mass is 79.9. The number of halogens is 1. The predicted octanol–water partition coefficient (Wildman–Crippen LogP) is 3.85. The van der Waals surface area contributed by atoms with Gasteiger partial charge in [-0.05, 0) is 60.2 Å². The number of carboxylic acid groups (broad SMARTS) is 1. The van der Waals surface area contributed by atoms with Gasteiger partial charge in [-0.3, -0.25) is 9.59 Å². The summed E-state index contributed by atoms with van der Waals surface area (Å²) in [5.74, 6) is 0.0953. The number of aliphatic carboxylic acids is 1. The third-order valence-electron chi connectivity index (χ3n) is 4.27. The highest BCUT2D eigenvalue weighted by molar-refractivity contribution is 9.10. The smallest absolute Gasteiger partial charge is 0.303 e. The molecule has 1 amide bonds. The fourth-order valence-corrected chi connectivity index (χ4v) is 3.43. The van der Waals surface area contributed by atoms with Gasteiger partial charge in [-0.15, -0.1) is 0 Å². The number of benzene rings is 1. The summed E-state index contributed by atoms with van der Waals surface area (Å²) < 4.78 is 6.59. The van der Waals surface area contributed by atoms with Crippen LogP contribution in [-0.2, 0) is 9.59 Å². The van der Waals surface area contributed by atoms with E-state index in [-0.39, 0.29) is 18.4 Å². The number of hydrogen-bond donors (Lipinski definition) is 1. The van der Waals surface area contributed by atoms with Crippen LogP contribution >= 0.6 is 15.9 Å². The maximum Gasteiger partial charge on any atom is 0.303 e. The molecular formula is C18H24BrNO4. The molecule has 5 nitrogen and oxygen atoms in total. The van der Waals surface area contributed by atoms with Crippen molar-refractivity contribution in [2.75, 3.05) is 13.2 Å². The van der Waals surface area contributed by atoms with Gasteiger partial charge in [0.15, 0.2) is 0 Å². The van der Waals surface area contributed by atoms with Crippen LogP contribution in [0.4, 0.5) is 0 Å². The molecule has 1 aliphatic heterocycles. The van der Waals surface area contributed by atoms with Crippen LogP contribution in [0.2, 0.25) is 0 Å². The first kappa shape index (κ1) is 18.8. The number of ether oxygens (including phenoxy) is 1. The molecule has 1 saturated heterocycles. The van der Waals surface area contributed by atoms with E-state index in [1.165, 1.54) is 0 Å². The molecule has 6 heteroatoms. The zero-order valence-electron chi connectivity index (χ0n) is 13.7. The minimum absolute atomic E-state index is 0.0755. The van der Waals surface area contributed by atoms with Crippen LogP contribution in [0.15, 0.2) is 28.7 Å². The number of carboxylic acids is 1. The van der Waals surface area contributed by atoms with Crippen molar-refractivity contribution in [1.82, 2.24) is 4.90 Å². The van der Waals surface area contributed by atoms with Crippen molar-refractivity contribution >= 4 is 27.8 Å². The second-order valence-electron chi connectivity index (χ2n) is 6.05. The van der Waals surface area contributed by atoms with Crippen LogP contribution in [0.25, 0.3) is 0 Å². The Hall–Kier alpha value is -1.56. The van der Waals surface area contributed by atoms with Crippen molar-refractivity contribution < 1.29 is 19.4 Å². The lowest BCUT2D eigenvalue weighted by Gasteiger charge is -2.35. The van der Waals surface area contributed by atoms with Gasteiger partial charge in [0.05, 0.1) is 11.1 Å². The lowest BCUT2D eigenvalue weighted by Crippen LogP contribution is -2.44. The van der Waals surface area contributed by atoms with Crippen LogP contribution in [0.5, 0.6) is 5.75 Å². The third kappa shape index (κ3) is 5.82. The first-order chi connectivity index (χ1) is 11.6. The summed E-state index contributed by atoms with van der Waals surface area (Å²) in [6.07, 6.45) is 4.75. The molecule has 0 bridgehead atoms. The molecule has 0 radical (unpaired) electrons. The quantitative estimate of drug-likeness (QED) is 0.676. The lowest BCUT2D eigenvalue weighted by atomic mass is 9.97. The Morgan fingerprint density at radius 1 is 1.25 bits per heavy atom. The molecule has 24 heavy (non-hydrogen) atoms. The summed E-state index contributed by atoms with van der Waals surface area (Å²) in [6, 6.07) is 7.71. The second-order valence-corrected chi connectivity index (χ2v) is 6.91. The number of carbonyl (C=O) groups excluding carboxylic acids is 1. The number of para-hydroxylation sites is 1. The molecule has 1 heterocycles. The molecule has 2 rings (SSSR count). The molecule has 1 unspecified atom stereocenters. The Kier molecular flexibility index (Phi) is 7.56. The molecule has 1 aliphatic rings. The van der Waals surface area contributed by atoms with E-state index in [9.17, 15) is 9.59 Å². The molecule has 1 fully saturated rings. The number of likely N-dealkylation sites (tertiary alicyclic amines) is 1. The molecule has 1 atom stereocenters. The minimum Gasteiger partial charge on any atom is -0.492 e. The summed E-state index contributed by atoms with van der Waals surface area (Å²) in [6.45, 7) is 1.23. The molecule has 0 aliphatic carbocycles. The van der Waals surface area contributed by atoms with Gasteiger partial charge in [0.1, 0.15) is 5.75 Å². The summed E-state index contributed by atoms with van der Waals surface area (Å²) >= 11 is 3.43. The number of rotatable bonds is 8. The standard InChI is InChI=1S/C18H24BrNO4/c19-15-7-1-2-8-16(15)24-13-5-9-17(21)20-12-4-3-6-14(20)10-11-18(22)23/h1-2,7-8,14H,3-6,9-13H2,(H,22,23). The van der Waals surface area contributed by atoms with Crippen molar-refractivity contribution in [2.24, 2.45) is 0 Å². The molecule has 132 valence electrons. The maximum atomic E-state index is 12.4. The van der Waals surface area contributed by atoms with Crippen molar-refractivity contribution in [3.05, 3.63) is 28.7 Å². The van der Waals surface area contributed by atoms with E-state index >= 15 is 0 Å². The highest BCUT2D eigenvalue weighted by Crippen LogP contribution is 2.24. The van der Waals surface area contributed by atoms with Crippen LogP contribution in [0.1, 0.15) is 44.9 Å². The first-order valence-corrected chi connectivity index (χ1v) is 9.26. The molecule has 1 N–H and O–H groups in total. The Bertz CT molecular complexity index is 564. The van der Waals surface area contributed by atoms with Gasteiger partial charge in [0.2, 0.25) is 5.91 Å². The van der Waals surface area contributed by atoms with E-state index in [1.807, 2.05) is 29.2 Å². The van der Waals surface area contributed by atoms with Crippen LogP contribution in [0.3, 0.4) is 0 Å². The van der Waals surface area contributed by atoms with Gasteiger partial charge >= 0.3 is 5.97 Å². The number of piperidine rings is 1. The van der Waals surface area contributed by atoms with E-state index in [0.717, 1.165) is 36.0 Å². The van der Waals surface area contributed by atoms with Crippen LogP contribution in [-0.4, -0.2) is 41.1 Å². The van der Waals surface area contributed by atoms with Gasteiger partial charge in [0.25, 0.3) is 0 Å². The summed E-state index contributed by atoms with van der Waals surface area (Å²) in [7, 11) is 0. The van der Waals surface area contributed by atoms with E-state index in [4.69, 9.17) is 9.84 Å². The van der Waals surface area contributed by atoms with Gasteiger partial charge < -0.3 is 14.7 Å². The molecule has 1 aromatic carbocycles. The van der Waals surface area contributed by atoms with Gasteiger partial charge in [-0.2, -0.15) is 0 Å². The average Bonchev–Trinajstić information content (AvgIpc) is 2.58. The molecule has 0 aromatic heterocycles. The lowest BCUT2D eigenvalue weighted by molar-refractivity contribution is -0.140. The fraction of sp³-hybridized carbons (Fsp3) is 0.556. The highest BCUT2D eigenvalue weighted by Gasteiger charge is 2.26. The summed E-state index contributed by atoms with van der Waals surface area (Å²) in [5.41, 5.74) is 0. The average molecular weight is 398 g/mol. The Morgan fingerprint density at radius 3 is 2.79 bits per heavy atom. The topological polar surface area (TPSA) is 66.8 Å². The molecule has 0 saturated carbocycles. The van der Waals surface area contributed by atoms with Crippen LogP contribution < -0.4 is 4.74 Å². The Balaban J connectivity index is 1.75. The SMILES string of the molecule is O=C(O)CCC1CCCCN1C(=O)CCCOc1ccccc1Br. The Labute approximate surface area is 151 Å². The van der Waals surface area contributed by atoms with Crippen molar-refractivity contribution in [2.45, 2.75) is 51.0 Å². The first-order valence-electron chi connectivity index (χ1n) is 8.46. The van der Waals surface area contributed by atoms with Crippen molar-refractivity contribution in [3.63, 3.8) is 0 Å². The molecular weight excluding hydrogens is 374 g/mol. The molecule has 0 spiro atoms. The van der Waals surface area contributed by atoms with Crippen LogP contribution in [0, 0.1) is 0 Å². The zero-order valence-corrected chi connectivity index (χ0v) is 15.3. The van der Waals surface area contributed by atoms with Crippen molar-refractivity contribution in [3.8, 4) is 5.75 Å². The number of hydrogen-bond acceptors (Lipinski definition) is 3. The predicted molar refractivity (Wildman–Crippen MR) is 95.1 cm³/mol. The minimum atomic E-state index is -0.796. The van der Waals surface area contributed by atoms with E-state index < -0.39 is 5.97 Å². The number of amides is 1. The second kappa shape index (κ2) is 9.67. The van der Waals surface area contributed by atoms with Crippen molar-refractivity contribution in [1.29, 1.82) is 0 Å². The number of carbonyl (C=O) groups is 2. The third-order valence-corrected chi connectivity index (χ3v) is 4.92. The van der Waals surface area contributed by atoms with E-state index in [2.05, 4.69) is 15.9 Å². The normalized spacial score (nSPS) is 17.5. The van der Waals surface area contributed by atoms with E-state index in [1.54, 1.807) is 0 Å². The monoisotopic (exact) mass is 397 g/mol. The summed E-state index contributed by atoms with van der Waals surface area (Å²) in [4.78, 5) is 25.1. The summed E-state index contributed by atoms with van der Waals surface area (Å²) in [5, 5.41) is 8.85. The largest absolute Gasteiger partial charge is 0.492 e. The van der Waals surface area contributed by atoms with Gasteiger partial charge in [-0.25, -0.2) is 0 Å². The van der Waals surface area contributed by atoms with E-state index in [0.29, 0.717) is 25.9 Å². The zero-order chi connectivity index (χ0) is 17.4.